The molecule has 1 aromatic carbocycles. The highest BCUT2D eigenvalue weighted by molar-refractivity contribution is 9.10. The normalized spacial score (nSPS) is 11.4. The molecule has 0 saturated carbocycles. The zero-order valence-electron chi connectivity index (χ0n) is 11.1. The van der Waals surface area contributed by atoms with Crippen molar-refractivity contribution in [3.8, 4) is 0 Å². The van der Waals surface area contributed by atoms with E-state index in [-0.39, 0.29) is 17.3 Å². The summed E-state index contributed by atoms with van der Waals surface area (Å²) in [6, 6.07) is 6.65. The fourth-order valence-corrected chi connectivity index (χ4v) is 3.22. The van der Waals surface area contributed by atoms with Crippen molar-refractivity contribution in [1.82, 2.24) is 4.98 Å². The average Bonchev–Trinajstić information content (AvgIpc) is 2.42. The van der Waals surface area contributed by atoms with Gasteiger partial charge in [-0.05, 0) is 52.7 Å². The summed E-state index contributed by atoms with van der Waals surface area (Å²) in [4.78, 5) is 3.91. The molecule has 2 aromatic rings. The molecule has 21 heavy (non-hydrogen) atoms. The number of nitrogens with one attached hydrogen (secondary N) is 1. The van der Waals surface area contributed by atoms with Crippen molar-refractivity contribution < 1.29 is 12.8 Å². The fourth-order valence-electron chi connectivity index (χ4n) is 1.74. The number of aryl methyl sites for hydroxylation is 1. The molecule has 0 saturated heterocycles. The molecule has 5 nitrogen and oxygen atoms in total. The third-order valence-electron chi connectivity index (χ3n) is 2.80. The molecular weight excluding hydrogens is 361 g/mol. The van der Waals surface area contributed by atoms with Crippen molar-refractivity contribution in [2.45, 2.75) is 18.4 Å². The molecule has 1 aromatic heterocycles. The summed E-state index contributed by atoms with van der Waals surface area (Å²) in [5.74, 6) is -0.490. The lowest BCUT2D eigenvalue weighted by atomic mass is 10.2. The number of nitrogens with zero attached hydrogens (tertiary/aromatic N) is 1. The van der Waals surface area contributed by atoms with Crippen LogP contribution in [0.5, 0.6) is 0 Å². The molecule has 8 heteroatoms. The molecule has 3 N–H and O–H groups in total. The van der Waals surface area contributed by atoms with Crippen LogP contribution in [0.15, 0.2) is 39.7 Å². The van der Waals surface area contributed by atoms with E-state index in [4.69, 9.17) is 5.73 Å². The van der Waals surface area contributed by atoms with Crippen LogP contribution in [0.25, 0.3) is 0 Å². The summed E-state index contributed by atoms with van der Waals surface area (Å²) in [5, 5.41) is 0. The number of benzene rings is 1. The van der Waals surface area contributed by atoms with Gasteiger partial charge in [-0.25, -0.2) is 17.8 Å². The number of nitrogens with two attached hydrogens (primary N) is 1. The number of rotatable bonds is 4. The minimum absolute atomic E-state index is 0.0106. The number of hydrogen-bond donors (Lipinski definition) is 2. The summed E-state index contributed by atoms with van der Waals surface area (Å²) >= 11 is 3.28. The fraction of sp³-hybridized carbons (Fsp3) is 0.154. The maximum atomic E-state index is 13.3. The van der Waals surface area contributed by atoms with E-state index < -0.39 is 15.8 Å². The lowest BCUT2D eigenvalue weighted by molar-refractivity contribution is 0.593. The number of hydrogen-bond acceptors (Lipinski definition) is 4. The molecule has 1 heterocycles. The Labute approximate surface area is 130 Å². The van der Waals surface area contributed by atoms with E-state index in [1.165, 1.54) is 18.2 Å². The second-order valence-corrected chi connectivity index (χ2v) is 6.83. The van der Waals surface area contributed by atoms with Crippen molar-refractivity contribution in [2.75, 3.05) is 4.72 Å². The van der Waals surface area contributed by atoms with E-state index in [0.717, 1.165) is 10.5 Å². The molecule has 0 radical (unpaired) electrons. The van der Waals surface area contributed by atoms with Crippen LogP contribution >= 0.6 is 15.9 Å². The first-order valence-electron chi connectivity index (χ1n) is 5.98. The Morgan fingerprint density at radius 3 is 2.67 bits per heavy atom. The molecule has 0 aliphatic carbocycles. The Hall–Kier alpha value is -1.51. The van der Waals surface area contributed by atoms with Crippen molar-refractivity contribution >= 4 is 31.8 Å². The first kappa shape index (κ1) is 15.9. The number of sulfonamides is 1. The number of aromatic nitrogens is 1. The summed E-state index contributed by atoms with van der Waals surface area (Å²) in [7, 11) is -3.96. The number of pyridine rings is 1. The second-order valence-electron chi connectivity index (χ2n) is 4.33. The van der Waals surface area contributed by atoms with Crippen LogP contribution < -0.4 is 10.5 Å². The Kier molecular flexibility index (Phi) is 4.60. The molecule has 0 aliphatic rings. The lowest BCUT2D eigenvalue weighted by Gasteiger charge is -2.11. The third kappa shape index (κ3) is 3.58. The van der Waals surface area contributed by atoms with E-state index in [1.54, 1.807) is 13.0 Å². The minimum atomic E-state index is -3.96. The van der Waals surface area contributed by atoms with Crippen molar-refractivity contribution in [2.24, 2.45) is 5.73 Å². The van der Waals surface area contributed by atoms with Gasteiger partial charge >= 0.3 is 0 Å². The number of anilines is 1. The van der Waals surface area contributed by atoms with Crippen LogP contribution in [0.2, 0.25) is 0 Å². The predicted octanol–water partition coefficient (Wildman–Crippen LogP) is 2.55. The molecule has 112 valence electrons. The molecule has 0 aliphatic heterocycles. The standard InChI is InChI=1S/C13H13BrFN3O2S/c1-8-11(14)4-5-13(17-8)18-21(19,20)12-6-10(15)3-2-9(12)7-16/h2-6H,7,16H2,1H3,(H,17,18). The molecule has 0 spiro atoms. The van der Waals surface area contributed by atoms with E-state index in [0.29, 0.717) is 11.3 Å². The molecule has 0 fully saturated rings. The van der Waals surface area contributed by atoms with Crippen LogP contribution in [0.4, 0.5) is 10.2 Å². The Morgan fingerprint density at radius 2 is 2.05 bits per heavy atom. The molecular formula is C13H13BrFN3O2S. The van der Waals surface area contributed by atoms with Gasteiger partial charge in [-0.15, -0.1) is 0 Å². The second kappa shape index (κ2) is 6.08. The maximum Gasteiger partial charge on any atom is 0.263 e. The van der Waals surface area contributed by atoms with Gasteiger partial charge in [0.15, 0.2) is 0 Å². The van der Waals surface area contributed by atoms with Gasteiger partial charge in [0, 0.05) is 11.0 Å². The quantitative estimate of drug-likeness (QED) is 0.862. The largest absolute Gasteiger partial charge is 0.326 e. The Morgan fingerprint density at radius 1 is 1.33 bits per heavy atom. The topological polar surface area (TPSA) is 85.1 Å². The van der Waals surface area contributed by atoms with Crippen molar-refractivity contribution in [3.05, 3.63) is 51.9 Å². The van der Waals surface area contributed by atoms with Gasteiger partial charge in [-0.2, -0.15) is 0 Å². The zero-order chi connectivity index (χ0) is 15.6. The van der Waals surface area contributed by atoms with Crippen molar-refractivity contribution in [1.29, 1.82) is 0 Å². The van der Waals surface area contributed by atoms with Crippen LogP contribution in [-0.2, 0) is 16.6 Å². The monoisotopic (exact) mass is 373 g/mol. The van der Waals surface area contributed by atoms with Gasteiger partial charge in [-0.3, -0.25) is 4.72 Å². The highest BCUT2D eigenvalue weighted by Gasteiger charge is 2.19. The first-order chi connectivity index (χ1) is 9.83. The Bertz CT molecular complexity index is 781. The predicted molar refractivity (Wildman–Crippen MR) is 81.8 cm³/mol. The zero-order valence-corrected chi connectivity index (χ0v) is 13.5. The van der Waals surface area contributed by atoms with E-state index in [1.807, 2.05) is 0 Å². The average molecular weight is 374 g/mol. The highest BCUT2D eigenvalue weighted by atomic mass is 79.9. The van der Waals surface area contributed by atoms with Crippen molar-refractivity contribution in [3.63, 3.8) is 0 Å². The minimum Gasteiger partial charge on any atom is -0.326 e. The van der Waals surface area contributed by atoms with Gasteiger partial charge in [0.25, 0.3) is 10.0 Å². The summed E-state index contributed by atoms with van der Waals surface area (Å²) in [6.07, 6.45) is 0. The number of halogens is 2. The van der Waals surface area contributed by atoms with Crippen LogP contribution in [0.1, 0.15) is 11.3 Å². The lowest BCUT2D eigenvalue weighted by Crippen LogP contribution is -2.17. The molecule has 2 rings (SSSR count). The third-order valence-corrected chi connectivity index (χ3v) is 5.07. The van der Waals surface area contributed by atoms with Gasteiger partial charge in [0.1, 0.15) is 11.6 Å². The van der Waals surface area contributed by atoms with Crippen LogP contribution in [0.3, 0.4) is 0 Å². The Balaban J connectivity index is 2.42. The van der Waals surface area contributed by atoms with Crippen LogP contribution in [-0.4, -0.2) is 13.4 Å². The first-order valence-corrected chi connectivity index (χ1v) is 8.25. The molecule has 0 amide bonds. The summed E-state index contributed by atoms with van der Waals surface area (Å²) in [6.45, 7) is 1.72. The van der Waals surface area contributed by atoms with E-state index in [9.17, 15) is 12.8 Å². The van der Waals surface area contributed by atoms with Crippen LogP contribution in [0, 0.1) is 12.7 Å². The maximum absolute atomic E-state index is 13.3. The van der Waals surface area contributed by atoms with E-state index >= 15 is 0 Å². The smallest absolute Gasteiger partial charge is 0.263 e. The molecule has 0 bridgehead atoms. The summed E-state index contributed by atoms with van der Waals surface area (Å²) < 4.78 is 41.1. The summed E-state index contributed by atoms with van der Waals surface area (Å²) in [5.41, 5.74) is 6.46. The van der Waals surface area contributed by atoms with E-state index in [2.05, 4.69) is 25.6 Å². The van der Waals surface area contributed by atoms with Gasteiger partial charge < -0.3 is 5.73 Å². The SMILES string of the molecule is Cc1nc(NS(=O)(=O)c2cc(F)ccc2CN)ccc1Br. The van der Waals surface area contributed by atoms with Gasteiger partial charge in [0.05, 0.1) is 10.6 Å². The van der Waals surface area contributed by atoms with Gasteiger partial charge in [0.2, 0.25) is 0 Å². The van der Waals surface area contributed by atoms with Gasteiger partial charge in [-0.1, -0.05) is 6.07 Å². The molecule has 0 atom stereocenters. The highest BCUT2D eigenvalue weighted by Crippen LogP contribution is 2.22. The molecule has 0 unspecified atom stereocenters.